The zero-order valence-electron chi connectivity index (χ0n) is 33.6. The maximum absolute atomic E-state index is 15.1. The first-order chi connectivity index (χ1) is 27.1. The van der Waals surface area contributed by atoms with E-state index in [1.807, 2.05) is 48.5 Å². The first-order valence-corrected chi connectivity index (χ1v) is 20.4. The number of nitrogens with one attached hydrogen (secondary N) is 2. The van der Waals surface area contributed by atoms with Crippen LogP contribution in [0.5, 0.6) is 0 Å². The quantitative estimate of drug-likeness (QED) is 0.108. The van der Waals surface area contributed by atoms with Crippen LogP contribution in [0.25, 0.3) is 43.1 Å². The fraction of sp³-hybridized carbons (Fsp3) is 0.375. The Balaban J connectivity index is 1.47. The van der Waals surface area contributed by atoms with E-state index in [9.17, 15) is 9.59 Å². The summed E-state index contributed by atoms with van der Waals surface area (Å²) in [7, 11) is 0. The van der Waals surface area contributed by atoms with E-state index in [0.29, 0.717) is 22.5 Å². The van der Waals surface area contributed by atoms with Crippen molar-refractivity contribution in [3.05, 3.63) is 96.1 Å². The third kappa shape index (κ3) is 7.17. The molecule has 6 aromatic carbocycles. The number of amides is 2. The minimum absolute atomic E-state index is 0.263. The predicted octanol–water partition coefficient (Wildman–Crippen LogP) is 8.81. The Kier molecular flexibility index (Phi) is 11.5. The first-order valence-electron chi connectivity index (χ1n) is 20.4. The van der Waals surface area contributed by atoms with Crippen molar-refractivity contribution < 1.29 is 19.8 Å². The van der Waals surface area contributed by atoms with Crippen molar-refractivity contribution in [3.63, 3.8) is 0 Å². The number of carbonyl (C=O) groups excluding carboxylic acids is 2. The second-order valence-electron chi connectivity index (χ2n) is 15.5. The molecule has 0 saturated heterocycles. The molecule has 1 saturated carbocycles. The maximum atomic E-state index is 15.1. The lowest BCUT2D eigenvalue weighted by Gasteiger charge is -2.62. The van der Waals surface area contributed by atoms with Gasteiger partial charge < -0.3 is 30.6 Å². The Labute approximate surface area is 330 Å². The third-order valence-electron chi connectivity index (χ3n) is 11.4. The average molecular weight is 751 g/mol. The van der Waals surface area contributed by atoms with E-state index in [4.69, 9.17) is 0 Å². The SMILES string of the molecule is CCCN(CCC)c1cc(NC(C)=O)c(C2C([O-])C(c3c(NC(C)=O)cc(N(CCC)CCC)c4cc5ccccc5cc34)C2[O-])c2cc3ccccc3cc12. The van der Waals surface area contributed by atoms with Gasteiger partial charge in [-0.2, -0.15) is 0 Å². The van der Waals surface area contributed by atoms with Gasteiger partial charge in [-0.15, -0.1) is 12.2 Å². The molecule has 8 heteroatoms. The van der Waals surface area contributed by atoms with Crippen LogP contribution in [0, 0.1) is 0 Å². The molecule has 1 aliphatic rings. The number of anilines is 4. The molecule has 1 fully saturated rings. The lowest BCUT2D eigenvalue weighted by molar-refractivity contribution is -0.535. The summed E-state index contributed by atoms with van der Waals surface area (Å²) in [5.41, 5.74) is 4.18. The average Bonchev–Trinajstić information content (AvgIpc) is 3.17. The van der Waals surface area contributed by atoms with Crippen molar-refractivity contribution in [3.8, 4) is 0 Å². The van der Waals surface area contributed by atoms with Crippen LogP contribution in [0.2, 0.25) is 0 Å². The smallest absolute Gasteiger partial charge is 0.221 e. The van der Waals surface area contributed by atoms with Crippen LogP contribution in [0.4, 0.5) is 22.7 Å². The minimum atomic E-state index is -1.34. The number of hydrogen-bond donors (Lipinski definition) is 2. The molecule has 0 atom stereocenters. The summed E-state index contributed by atoms with van der Waals surface area (Å²) in [4.78, 5) is 30.4. The van der Waals surface area contributed by atoms with Gasteiger partial charge in [0.25, 0.3) is 0 Å². The van der Waals surface area contributed by atoms with Crippen molar-refractivity contribution in [1.82, 2.24) is 0 Å². The third-order valence-corrected chi connectivity index (χ3v) is 11.4. The summed E-state index contributed by atoms with van der Waals surface area (Å²) in [5.74, 6) is -2.41. The summed E-state index contributed by atoms with van der Waals surface area (Å²) in [6, 6.07) is 28.8. The van der Waals surface area contributed by atoms with Gasteiger partial charge in [0.2, 0.25) is 11.8 Å². The van der Waals surface area contributed by atoms with Crippen molar-refractivity contribution in [1.29, 1.82) is 0 Å². The zero-order chi connectivity index (χ0) is 39.7. The topological polar surface area (TPSA) is 111 Å². The van der Waals surface area contributed by atoms with E-state index < -0.39 is 24.0 Å². The van der Waals surface area contributed by atoms with Crippen LogP contribution in [-0.4, -0.2) is 50.2 Å². The first kappa shape index (κ1) is 39.1. The van der Waals surface area contributed by atoms with Gasteiger partial charge in [-0.05, 0) is 117 Å². The molecule has 0 unspecified atom stereocenters. The van der Waals surface area contributed by atoms with E-state index in [0.717, 1.165) is 106 Å². The second kappa shape index (κ2) is 16.5. The molecule has 0 bridgehead atoms. The van der Waals surface area contributed by atoms with Crippen molar-refractivity contribution >= 4 is 77.7 Å². The molecule has 0 aromatic heterocycles. The highest BCUT2D eigenvalue weighted by atomic mass is 16.3. The van der Waals surface area contributed by atoms with Gasteiger partial charge >= 0.3 is 0 Å². The Bertz CT molecular complexity index is 2240. The molecule has 1 aliphatic carbocycles. The Morgan fingerprint density at radius 2 is 0.821 bits per heavy atom. The number of rotatable bonds is 14. The molecule has 6 aromatic rings. The summed E-state index contributed by atoms with van der Waals surface area (Å²) in [5, 5.41) is 44.1. The van der Waals surface area contributed by atoms with E-state index in [-0.39, 0.29) is 11.8 Å². The van der Waals surface area contributed by atoms with Crippen molar-refractivity contribution in [2.75, 3.05) is 46.6 Å². The molecule has 0 spiro atoms. The molecule has 292 valence electrons. The largest absolute Gasteiger partial charge is 0.851 e. The Hall–Kier alpha value is -5.18. The van der Waals surface area contributed by atoms with Gasteiger partial charge in [-0.1, -0.05) is 76.2 Å². The van der Waals surface area contributed by atoms with E-state index in [2.05, 4.69) is 84.5 Å². The molecular formula is C48H54N4O4-2. The van der Waals surface area contributed by atoms with Gasteiger partial charge in [-0.25, -0.2) is 0 Å². The molecule has 2 N–H and O–H groups in total. The molecule has 56 heavy (non-hydrogen) atoms. The molecule has 8 nitrogen and oxygen atoms in total. The fourth-order valence-corrected chi connectivity index (χ4v) is 9.17. The van der Waals surface area contributed by atoms with Gasteiger partial charge in [-0.3, -0.25) is 9.59 Å². The van der Waals surface area contributed by atoms with Crippen LogP contribution in [0.15, 0.2) is 84.9 Å². The van der Waals surface area contributed by atoms with Crippen LogP contribution in [-0.2, 0) is 9.59 Å². The van der Waals surface area contributed by atoms with Crippen LogP contribution >= 0.6 is 0 Å². The van der Waals surface area contributed by atoms with Crippen LogP contribution < -0.4 is 30.6 Å². The highest BCUT2D eigenvalue weighted by Gasteiger charge is 2.43. The van der Waals surface area contributed by atoms with Crippen molar-refractivity contribution in [2.24, 2.45) is 0 Å². The number of benzene rings is 6. The summed E-state index contributed by atoms with van der Waals surface area (Å²) >= 11 is 0. The molecule has 0 heterocycles. The number of fused-ring (bicyclic) bond motifs is 4. The van der Waals surface area contributed by atoms with E-state index in [1.54, 1.807) is 0 Å². The van der Waals surface area contributed by atoms with Gasteiger partial charge in [0.1, 0.15) is 0 Å². The lowest BCUT2D eigenvalue weighted by atomic mass is 9.61. The molecule has 2 amide bonds. The number of carbonyl (C=O) groups is 2. The van der Waals surface area contributed by atoms with Crippen molar-refractivity contribution in [2.45, 2.75) is 91.3 Å². The lowest BCUT2D eigenvalue weighted by Crippen LogP contribution is -2.64. The fourth-order valence-electron chi connectivity index (χ4n) is 9.17. The number of hydrogen-bond acceptors (Lipinski definition) is 6. The highest BCUT2D eigenvalue weighted by molar-refractivity contribution is 6.11. The summed E-state index contributed by atoms with van der Waals surface area (Å²) in [6.45, 7) is 14.9. The number of nitrogens with zero attached hydrogens (tertiary/aromatic N) is 2. The zero-order valence-corrected chi connectivity index (χ0v) is 33.6. The molecule has 0 aliphatic heterocycles. The maximum Gasteiger partial charge on any atom is 0.221 e. The van der Waals surface area contributed by atoms with Crippen LogP contribution in [0.1, 0.15) is 90.2 Å². The molecular weight excluding hydrogens is 697 g/mol. The molecule has 7 rings (SSSR count). The van der Waals surface area contributed by atoms with E-state index in [1.165, 1.54) is 13.8 Å². The Morgan fingerprint density at radius 3 is 1.11 bits per heavy atom. The normalized spacial score (nSPS) is 18.0. The highest BCUT2D eigenvalue weighted by Crippen LogP contribution is 2.55. The van der Waals surface area contributed by atoms with Crippen LogP contribution in [0.3, 0.4) is 0 Å². The predicted molar refractivity (Wildman–Crippen MR) is 230 cm³/mol. The summed E-state index contributed by atoms with van der Waals surface area (Å²) < 4.78 is 0. The van der Waals surface area contributed by atoms with E-state index >= 15 is 10.2 Å². The monoisotopic (exact) mass is 750 g/mol. The Morgan fingerprint density at radius 1 is 0.518 bits per heavy atom. The van der Waals surface area contributed by atoms with Gasteiger partial charge in [0, 0.05) is 73.5 Å². The molecule has 0 radical (unpaired) electrons. The van der Waals surface area contributed by atoms with Gasteiger partial charge in [0.05, 0.1) is 0 Å². The standard InChI is InChI=1S/C48H54N4O4/c1-7-19-51(20-8-2)41-27-39(49-29(5)53)43(37-25-33-17-13-11-15-31(33)23-35(37)41)45-47(55)46(48(45)56)44-38-26-34-18-14-12-16-32(34)24-36(38)42(28-40(44)50-30(6)54)52(21-9-3)22-10-4/h11-18,23-28,45-48H,7-10,19-22H2,1-6H3,(H,49,53)(H,50,54)/q-2. The van der Waals surface area contributed by atoms with Gasteiger partial charge in [0.15, 0.2) is 0 Å². The summed E-state index contributed by atoms with van der Waals surface area (Å²) in [6.07, 6.45) is 1.07. The minimum Gasteiger partial charge on any atom is -0.851 e. The second-order valence-corrected chi connectivity index (χ2v) is 15.5.